The highest BCUT2D eigenvalue weighted by atomic mass is 35.5. The van der Waals surface area contributed by atoms with Crippen molar-refractivity contribution in [3.63, 3.8) is 0 Å². The summed E-state index contributed by atoms with van der Waals surface area (Å²) in [6, 6.07) is 0. The SMILES string of the molecule is CCCCN=CC(Cl)C=N. The van der Waals surface area contributed by atoms with Gasteiger partial charge in [0.15, 0.2) is 0 Å². The Bertz CT molecular complexity index is 112. The third-order valence-corrected chi connectivity index (χ3v) is 1.29. The molecule has 10 heavy (non-hydrogen) atoms. The van der Waals surface area contributed by atoms with Crippen molar-refractivity contribution in [3.05, 3.63) is 0 Å². The minimum atomic E-state index is -0.322. The summed E-state index contributed by atoms with van der Waals surface area (Å²) < 4.78 is 0. The Hall–Kier alpha value is -0.370. The number of nitrogens with zero attached hydrogens (tertiary/aromatic N) is 1. The van der Waals surface area contributed by atoms with Crippen molar-refractivity contribution in [1.82, 2.24) is 0 Å². The van der Waals surface area contributed by atoms with Crippen LogP contribution in [0.3, 0.4) is 0 Å². The zero-order chi connectivity index (χ0) is 7.82. The number of hydrogen-bond acceptors (Lipinski definition) is 2. The molecule has 0 radical (unpaired) electrons. The van der Waals surface area contributed by atoms with E-state index in [-0.39, 0.29) is 5.38 Å². The predicted octanol–water partition coefficient (Wildman–Crippen LogP) is 2.11. The summed E-state index contributed by atoms with van der Waals surface area (Å²) in [4.78, 5) is 4.02. The molecule has 58 valence electrons. The number of halogens is 1. The Morgan fingerprint density at radius 1 is 1.70 bits per heavy atom. The lowest BCUT2D eigenvalue weighted by Crippen LogP contribution is -2.00. The first-order chi connectivity index (χ1) is 4.81. The molecule has 0 bridgehead atoms. The standard InChI is InChI=1S/C7H13ClN2/c1-2-3-4-10-6-7(8)5-9/h5-7,9H,2-4H2,1H3. The van der Waals surface area contributed by atoms with Crippen molar-refractivity contribution >= 4 is 24.0 Å². The molecule has 0 rings (SSSR count). The normalized spacial score (nSPS) is 13.8. The summed E-state index contributed by atoms with van der Waals surface area (Å²) in [6.45, 7) is 2.94. The van der Waals surface area contributed by atoms with Crippen LogP contribution in [0.1, 0.15) is 19.8 Å². The molecule has 3 heteroatoms. The molecule has 0 aromatic carbocycles. The number of alkyl halides is 1. The van der Waals surface area contributed by atoms with Crippen LogP contribution in [0.5, 0.6) is 0 Å². The maximum absolute atomic E-state index is 6.74. The maximum Gasteiger partial charge on any atom is 0.103 e. The van der Waals surface area contributed by atoms with Crippen molar-refractivity contribution in [3.8, 4) is 0 Å². The summed E-state index contributed by atoms with van der Waals surface area (Å²) >= 11 is 5.55. The van der Waals surface area contributed by atoms with E-state index in [1.807, 2.05) is 0 Å². The zero-order valence-electron chi connectivity index (χ0n) is 6.18. The molecular weight excluding hydrogens is 148 g/mol. The van der Waals surface area contributed by atoms with E-state index in [0.29, 0.717) is 0 Å². The fourth-order valence-corrected chi connectivity index (χ4v) is 0.547. The molecule has 1 atom stereocenters. The molecule has 0 spiro atoms. The number of aliphatic imine (C=N–C) groups is 1. The lowest BCUT2D eigenvalue weighted by molar-refractivity contribution is 0.809. The van der Waals surface area contributed by atoms with Gasteiger partial charge in [0.1, 0.15) is 5.38 Å². The van der Waals surface area contributed by atoms with Gasteiger partial charge in [0, 0.05) is 19.0 Å². The molecule has 0 amide bonds. The molecule has 0 aliphatic heterocycles. The number of hydrogen-bond donors (Lipinski definition) is 1. The molecule has 0 aliphatic carbocycles. The first kappa shape index (κ1) is 9.63. The predicted molar refractivity (Wildman–Crippen MR) is 46.7 cm³/mol. The molecule has 0 aliphatic rings. The van der Waals surface area contributed by atoms with Crippen LogP contribution in [0.4, 0.5) is 0 Å². The maximum atomic E-state index is 6.74. The van der Waals surface area contributed by atoms with Crippen LogP contribution in [0.2, 0.25) is 0 Å². The molecule has 0 fully saturated rings. The van der Waals surface area contributed by atoms with Gasteiger partial charge in [0.05, 0.1) is 0 Å². The Morgan fingerprint density at radius 2 is 2.40 bits per heavy atom. The van der Waals surface area contributed by atoms with Crippen LogP contribution in [0.15, 0.2) is 4.99 Å². The highest BCUT2D eigenvalue weighted by Crippen LogP contribution is 1.89. The second-order valence-electron chi connectivity index (χ2n) is 2.02. The first-order valence-corrected chi connectivity index (χ1v) is 3.89. The Labute approximate surface area is 66.8 Å². The summed E-state index contributed by atoms with van der Waals surface area (Å²) in [6.07, 6.45) is 5.01. The Balaban J connectivity index is 3.26. The van der Waals surface area contributed by atoms with Gasteiger partial charge in [-0.05, 0) is 6.42 Å². The van der Waals surface area contributed by atoms with Crippen LogP contribution in [0.25, 0.3) is 0 Å². The second-order valence-corrected chi connectivity index (χ2v) is 2.52. The van der Waals surface area contributed by atoms with Crippen LogP contribution in [-0.4, -0.2) is 24.4 Å². The molecule has 0 saturated heterocycles. The van der Waals surface area contributed by atoms with E-state index in [1.54, 1.807) is 6.21 Å². The molecule has 0 aromatic rings. The van der Waals surface area contributed by atoms with E-state index in [2.05, 4.69) is 11.9 Å². The number of unbranched alkanes of at least 4 members (excludes halogenated alkanes) is 1. The van der Waals surface area contributed by atoms with E-state index in [9.17, 15) is 0 Å². The highest BCUT2D eigenvalue weighted by molar-refractivity contribution is 6.36. The molecule has 0 saturated carbocycles. The zero-order valence-corrected chi connectivity index (χ0v) is 6.93. The summed E-state index contributed by atoms with van der Waals surface area (Å²) in [5, 5.41) is 6.42. The van der Waals surface area contributed by atoms with Gasteiger partial charge in [-0.2, -0.15) is 0 Å². The topological polar surface area (TPSA) is 36.2 Å². The van der Waals surface area contributed by atoms with Crippen molar-refractivity contribution < 1.29 is 0 Å². The second kappa shape index (κ2) is 6.75. The minimum absolute atomic E-state index is 0.322. The van der Waals surface area contributed by atoms with Gasteiger partial charge in [-0.3, -0.25) is 4.99 Å². The van der Waals surface area contributed by atoms with Crippen LogP contribution < -0.4 is 0 Å². The van der Waals surface area contributed by atoms with Crippen molar-refractivity contribution in [2.75, 3.05) is 6.54 Å². The monoisotopic (exact) mass is 160 g/mol. The van der Waals surface area contributed by atoms with Crippen LogP contribution in [0, 0.1) is 5.41 Å². The first-order valence-electron chi connectivity index (χ1n) is 3.46. The molecule has 1 unspecified atom stereocenters. The molecule has 0 aromatic heterocycles. The van der Waals surface area contributed by atoms with E-state index >= 15 is 0 Å². The van der Waals surface area contributed by atoms with Crippen LogP contribution >= 0.6 is 11.6 Å². The smallest absolute Gasteiger partial charge is 0.103 e. The summed E-state index contributed by atoms with van der Waals surface area (Å²) in [5.41, 5.74) is 0. The Kier molecular flexibility index (Phi) is 6.50. The lowest BCUT2D eigenvalue weighted by atomic mass is 10.3. The third kappa shape index (κ3) is 5.76. The molecular formula is C7H13ClN2. The fraction of sp³-hybridized carbons (Fsp3) is 0.714. The fourth-order valence-electron chi connectivity index (χ4n) is 0.468. The van der Waals surface area contributed by atoms with E-state index < -0.39 is 0 Å². The van der Waals surface area contributed by atoms with Gasteiger partial charge < -0.3 is 5.41 Å². The van der Waals surface area contributed by atoms with Crippen molar-refractivity contribution in [2.24, 2.45) is 4.99 Å². The number of rotatable bonds is 5. The van der Waals surface area contributed by atoms with Gasteiger partial charge in [0.25, 0.3) is 0 Å². The quantitative estimate of drug-likeness (QED) is 0.364. The van der Waals surface area contributed by atoms with Crippen molar-refractivity contribution in [2.45, 2.75) is 25.1 Å². The summed E-state index contributed by atoms with van der Waals surface area (Å²) in [5.74, 6) is 0. The average molecular weight is 161 g/mol. The summed E-state index contributed by atoms with van der Waals surface area (Å²) in [7, 11) is 0. The van der Waals surface area contributed by atoms with Crippen molar-refractivity contribution in [1.29, 1.82) is 5.41 Å². The lowest BCUT2D eigenvalue weighted by Gasteiger charge is -1.91. The highest BCUT2D eigenvalue weighted by Gasteiger charge is 1.90. The van der Waals surface area contributed by atoms with E-state index in [0.717, 1.165) is 25.6 Å². The third-order valence-electron chi connectivity index (χ3n) is 1.05. The Morgan fingerprint density at radius 3 is 2.90 bits per heavy atom. The van der Waals surface area contributed by atoms with Gasteiger partial charge >= 0.3 is 0 Å². The molecule has 1 N–H and O–H groups in total. The molecule has 2 nitrogen and oxygen atoms in total. The van der Waals surface area contributed by atoms with Gasteiger partial charge in [-0.15, -0.1) is 11.6 Å². The van der Waals surface area contributed by atoms with E-state index in [4.69, 9.17) is 17.0 Å². The number of nitrogens with one attached hydrogen (secondary N) is 1. The van der Waals surface area contributed by atoms with Crippen LogP contribution in [-0.2, 0) is 0 Å². The van der Waals surface area contributed by atoms with Gasteiger partial charge in [-0.25, -0.2) is 0 Å². The largest absolute Gasteiger partial charge is 0.311 e. The van der Waals surface area contributed by atoms with Gasteiger partial charge in [0.2, 0.25) is 0 Å². The molecule has 0 heterocycles. The minimum Gasteiger partial charge on any atom is -0.311 e. The average Bonchev–Trinajstić information content (AvgIpc) is 1.98. The van der Waals surface area contributed by atoms with Gasteiger partial charge in [-0.1, -0.05) is 13.3 Å². The van der Waals surface area contributed by atoms with E-state index in [1.165, 1.54) is 0 Å².